The van der Waals surface area contributed by atoms with Crippen LogP contribution in [0.3, 0.4) is 0 Å². The molecule has 0 saturated heterocycles. The number of aliphatic hydroxyl groups excluding tert-OH is 1. The van der Waals surface area contributed by atoms with E-state index in [1.165, 1.54) is 38.5 Å². The monoisotopic (exact) mass is 288 g/mol. The normalized spacial score (nSPS) is 43.0. The summed E-state index contributed by atoms with van der Waals surface area (Å²) in [4.78, 5) is 0. The fraction of sp³-hybridized carbons (Fsp3) is 0.800. The summed E-state index contributed by atoms with van der Waals surface area (Å²) in [6.45, 7) is 9.85. The van der Waals surface area contributed by atoms with Gasteiger partial charge >= 0.3 is 0 Å². The second-order valence-electron chi connectivity index (χ2n) is 8.63. The molecule has 4 atom stereocenters. The highest BCUT2D eigenvalue weighted by molar-refractivity contribution is 5.35. The number of allylic oxidation sites excluding steroid dienone is 4. The molecule has 1 fully saturated rings. The fourth-order valence-electron chi connectivity index (χ4n) is 5.66. The lowest BCUT2D eigenvalue weighted by Crippen LogP contribution is -2.51. The number of fused-ring (bicyclic) bond motifs is 3. The molecule has 1 saturated carbocycles. The van der Waals surface area contributed by atoms with Crippen LogP contribution in [0.15, 0.2) is 23.3 Å². The van der Waals surface area contributed by atoms with Gasteiger partial charge in [-0.05, 0) is 66.3 Å². The van der Waals surface area contributed by atoms with E-state index in [2.05, 4.69) is 39.8 Å². The second kappa shape index (κ2) is 5.26. The number of hydrogen-bond donors (Lipinski definition) is 1. The van der Waals surface area contributed by atoms with Gasteiger partial charge in [-0.15, -0.1) is 0 Å². The van der Waals surface area contributed by atoms with Crippen LogP contribution in [0.1, 0.15) is 66.2 Å². The maximum Gasteiger partial charge on any atom is 0.0487 e. The van der Waals surface area contributed by atoms with Crippen LogP contribution in [0, 0.1) is 28.6 Å². The molecule has 0 aromatic rings. The van der Waals surface area contributed by atoms with Crippen molar-refractivity contribution in [2.24, 2.45) is 28.6 Å². The van der Waals surface area contributed by atoms with E-state index in [9.17, 15) is 5.11 Å². The summed E-state index contributed by atoms with van der Waals surface area (Å²) >= 11 is 0. The number of rotatable bonds is 2. The van der Waals surface area contributed by atoms with Crippen molar-refractivity contribution in [1.29, 1.82) is 0 Å². The van der Waals surface area contributed by atoms with E-state index >= 15 is 0 Å². The van der Waals surface area contributed by atoms with E-state index < -0.39 is 0 Å². The Hall–Kier alpha value is -0.560. The minimum absolute atomic E-state index is 0.136. The third-order valence-electron chi connectivity index (χ3n) is 7.06. The molecule has 0 aromatic heterocycles. The van der Waals surface area contributed by atoms with Crippen molar-refractivity contribution >= 4 is 0 Å². The molecule has 0 aromatic carbocycles. The molecule has 3 rings (SSSR count). The standard InChI is InChI=1S/C20H32O/c1-14(2)15-6-8-17-16(12-15)7-9-18-19(3,13-21)10-5-11-20(17,18)4/h7,12,14,17-18,21H,5-6,8-11,13H2,1-4H3/t17-,18-,19+,20+/m0/s1. The predicted octanol–water partition coefficient (Wildman–Crippen LogP) is 5.11. The molecule has 118 valence electrons. The minimum atomic E-state index is 0.136. The lowest BCUT2D eigenvalue weighted by atomic mass is 9.47. The Morgan fingerprint density at radius 1 is 1.29 bits per heavy atom. The molecule has 0 spiro atoms. The first-order valence-electron chi connectivity index (χ1n) is 8.92. The summed E-state index contributed by atoms with van der Waals surface area (Å²) in [5.41, 5.74) is 3.79. The van der Waals surface area contributed by atoms with Crippen LogP contribution < -0.4 is 0 Å². The first-order valence-corrected chi connectivity index (χ1v) is 8.92. The Bertz CT molecular complexity index is 472. The third kappa shape index (κ3) is 2.32. The van der Waals surface area contributed by atoms with Crippen molar-refractivity contribution in [3.63, 3.8) is 0 Å². The van der Waals surface area contributed by atoms with E-state index in [0.29, 0.717) is 23.9 Å². The van der Waals surface area contributed by atoms with Crippen LogP contribution in [0.5, 0.6) is 0 Å². The van der Waals surface area contributed by atoms with Gasteiger partial charge in [-0.25, -0.2) is 0 Å². The van der Waals surface area contributed by atoms with Gasteiger partial charge in [-0.3, -0.25) is 0 Å². The molecule has 1 nitrogen and oxygen atoms in total. The van der Waals surface area contributed by atoms with Crippen molar-refractivity contribution < 1.29 is 5.11 Å². The van der Waals surface area contributed by atoms with E-state index in [1.54, 1.807) is 11.1 Å². The Morgan fingerprint density at radius 2 is 2.05 bits per heavy atom. The zero-order valence-electron chi connectivity index (χ0n) is 14.3. The molecule has 1 N–H and O–H groups in total. The lowest BCUT2D eigenvalue weighted by molar-refractivity contribution is -0.0737. The largest absolute Gasteiger partial charge is 0.396 e. The van der Waals surface area contributed by atoms with Crippen molar-refractivity contribution in [3.05, 3.63) is 23.3 Å². The Labute approximate surface area is 130 Å². The minimum Gasteiger partial charge on any atom is -0.396 e. The zero-order chi connectivity index (χ0) is 15.3. The summed E-state index contributed by atoms with van der Waals surface area (Å²) in [5, 5.41) is 9.98. The summed E-state index contributed by atoms with van der Waals surface area (Å²) in [6.07, 6.45) is 12.6. The topological polar surface area (TPSA) is 20.2 Å². The molecule has 0 amide bonds. The van der Waals surface area contributed by atoms with Crippen LogP contribution in [-0.2, 0) is 0 Å². The summed E-state index contributed by atoms with van der Waals surface area (Å²) < 4.78 is 0. The highest BCUT2D eigenvalue weighted by atomic mass is 16.3. The second-order valence-corrected chi connectivity index (χ2v) is 8.63. The van der Waals surface area contributed by atoms with E-state index in [0.717, 1.165) is 5.92 Å². The molecule has 21 heavy (non-hydrogen) atoms. The summed E-state index contributed by atoms with van der Waals surface area (Å²) in [7, 11) is 0. The van der Waals surface area contributed by atoms with Gasteiger partial charge in [0.1, 0.15) is 0 Å². The van der Waals surface area contributed by atoms with Crippen molar-refractivity contribution in [3.8, 4) is 0 Å². The van der Waals surface area contributed by atoms with Gasteiger partial charge in [0.15, 0.2) is 0 Å². The molecule has 0 aliphatic heterocycles. The van der Waals surface area contributed by atoms with Crippen LogP contribution in [0.25, 0.3) is 0 Å². The van der Waals surface area contributed by atoms with Crippen LogP contribution in [-0.4, -0.2) is 11.7 Å². The highest BCUT2D eigenvalue weighted by Gasteiger charge is 2.53. The molecular weight excluding hydrogens is 256 g/mol. The smallest absolute Gasteiger partial charge is 0.0487 e. The first kappa shape index (κ1) is 15.3. The van der Waals surface area contributed by atoms with Crippen molar-refractivity contribution in [2.75, 3.05) is 6.61 Å². The molecule has 3 aliphatic carbocycles. The van der Waals surface area contributed by atoms with Gasteiger partial charge < -0.3 is 5.11 Å². The predicted molar refractivity (Wildman–Crippen MR) is 89.0 cm³/mol. The van der Waals surface area contributed by atoms with Gasteiger partial charge in [-0.1, -0.05) is 51.8 Å². The maximum atomic E-state index is 9.98. The SMILES string of the molecule is CC(C)C1=CC2=CC[C@H]3[C@@](C)(CO)CCC[C@]3(C)[C@H]2CC1. The highest BCUT2D eigenvalue weighted by Crippen LogP contribution is 2.61. The summed E-state index contributed by atoms with van der Waals surface area (Å²) in [6, 6.07) is 0. The van der Waals surface area contributed by atoms with Crippen molar-refractivity contribution in [2.45, 2.75) is 66.2 Å². The Kier molecular flexibility index (Phi) is 3.84. The average Bonchev–Trinajstić information content (AvgIpc) is 2.46. The zero-order valence-corrected chi connectivity index (χ0v) is 14.3. The molecule has 0 bridgehead atoms. The number of hydrogen-bond acceptors (Lipinski definition) is 1. The van der Waals surface area contributed by atoms with Gasteiger partial charge in [0.25, 0.3) is 0 Å². The maximum absolute atomic E-state index is 9.98. The first-order chi connectivity index (χ1) is 9.90. The quantitative estimate of drug-likeness (QED) is 0.748. The third-order valence-corrected chi connectivity index (χ3v) is 7.06. The molecule has 0 unspecified atom stereocenters. The van der Waals surface area contributed by atoms with Crippen LogP contribution >= 0.6 is 0 Å². The van der Waals surface area contributed by atoms with E-state index in [1.807, 2.05) is 0 Å². The van der Waals surface area contributed by atoms with Gasteiger partial charge in [0.05, 0.1) is 0 Å². The molecule has 1 heteroatoms. The van der Waals surface area contributed by atoms with Crippen molar-refractivity contribution in [1.82, 2.24) is 0 Å². The number of aliphatic hydroxyl groups is 1. The Balaban J connectivity index is 1.97. The molecule has 0 heterocycles. The van der Waals surface area contributed by atoms with Gasteiger partial charge in [0, 0.05) is 6.61 Å². The fourth-order valence-corrected chi connectivity index (χ4v) is 5.66. The summed E-state index contributed by atoms with van der Waals surface area (Å²) in [5.74, 6) is 2.07. The van der Waals surface area contributed by atoms with Crippen LogP contribution in [0.4, 0.5) is 0 Å². The Morgan fingerprint density at radius 3 is 2.71 bits per heavy atom. The van der Waals surface area contributed by atoms with Crippen LogP contribution in [0.2, 0.25) is 0 Å². The molecular formula is C20H32O. The van der Waals surface area contributed by atoms with E-state index in [-0.39, 0.29) is 5.41 Å². The molecule has 0 radical (unpaired) electrons. The lowest BCUT2D eigenvalue weighted by Gasteiger charge is -2.58. The van der Waals surface area contributed by atoms with Gasteiger partial charge in [-0.2, -0.15) is 0 Å². The van der Waals surface area contributed by atoms with E-state index in [4.69, 9.17) is 0 Å². The van der Waals surface area contributed by atoms with Gasteiger partial charge in [0.2, 0.25) is 0 Å². The average molecular weight is 288 g/mol. The molecule has 3 aliphatic rings.